The Morgan fingerprint density at radius 2 is 2.05 bits per heavy atom. The van der Waals surface area contributed by atoms with E-state index in [-0.39, 0.29) is 16.4 Å². The SMILES string of the molecule is Cc1cccc(NC(=O)Nc2ccc(Cl)cc2[N+](=O)[O-])n1. The van der Waals surface area contributed by atoms with Crippen LogP contribution in [0.2, 0.25) is 5.02 Å². The summed E-state index contributed by atoms with van der Waals surface area (Å²) >= 11 is 5.70. The number of anilines is 2. The first-order valence-corrected chi connectivity index (χ1v) is 6.29. The van der Waals surface area contributed by atoms with Crippen LogP contribution in [0.5, 0.6) is 0 Å². The highest BCUT2D eigenvalue weighted by Gasteiger charge is 2.16. The molecule has 21 heavy (non-hydrogen) atoms. The molecule has 0 fully saturated rings. The van der Waals surface area contributed by atoms with Crippen molar-refractivity contribution in [2.45, 2.75) is 6.92 Å². The number of aromatic nitrogens is 1. The topological polar surface area (TPSA) is 97.2 Å². The minimum Gasteiger partial charge on any atom is -0.302 e. The van der Waals surface area contributed by atoms with Gasteiger partial charge in [0, 0.05) is 16.8 Å². The Bertz CT molecular complexity index is 706. The highest BCUT2D eigenvalue weighted by molar-refractivity contribution is 6.31. The molecule has 0 saturated carbocycles. The number of hydrogen-bond acceptors (Lipinski definition) is 4. The first kappa shape index (κ1) is 14.7. The summed E-state index contributed by atoms with van der Waals surface area (Å²) in [6.45, 7) is 1.78. The van der Waals surface area contributed by atoms with Crippen molar-refractivity contribution in [3.8, 4) is 0 Å². The predicted octanol–water partition coefficient (Wildman–Crippen LogP) is 3.60. The van der Waals surface area contributed by atoms with Crippen molar-refractivity contribution in [3.63, 3.8) is 0 Å². The van der Waals surface area contributed by atoms with E-state index < -0.39 is 11.0 Å². The molecule has 0 atom stereocenters. The summed E-state index contributed by atoms with van der Waals surface area (Å²) in [5.41, 5.74) is 0.509. The largest absolute Gasteiger partial charge is 0.325 e. The Kier molecular flexibility index (Phi) is 4.34. The number of halogens is 1. The lowest BCUT2D eigenvalue weighted by atomic mass is 10.2. The van der Waals surface area contributed by atoms with Crippen molar-refractivity contribution in [1.29, 1.82) is 0 Å². The number of nitro groups is 1. The van der Waals surface area contributed by atoms with Gasteiger partial charge in [0.25, 0.3) is 5.69 Å². The maximum Gasteiger partial charge on any atom is 0.325 e. The van der Waals surface area contributed by atoms with Crippen molar-refractivity contribution in [2.75, 3.05) is 10.6 Å². The van der Waals surface area contributed by atoms with Gasteiger partial charge in [-0.1, -0.05) is 17.7 Å². The summed E-state index contributed by atoms with van der Waals surface area (Å²) in [7, 11) is 0. The van der Waals surface area contributed by atoms with Gasteiger partial charge in [0.15, 0.2) is 0 Å². The predicted molar refractivity (Wildman–Crippen MR) is 79.7 cm³/mol. The number of carbonyl (C=O) groups is 1. The van der Waals surface area contributed by atoms with Gasteiger partial charge in [-0.2, -0.15) is 0 Å². The second-order valence-electron chi connectivity index (χ2n) is 4.16. The third-order valence-electron chi connectivity index (χ3n) is 2.53. The number of benzene rings is 1. The fourth-order valence-corrected chi connectivity index (χ4v) is 1.81. The zero-order valence-corrected chi connectivity index (χ0v) is 11.7. The molecule has 0 saturated heterocycles. The quantitative estimate of drug-likeness (QED) is 0.668. The number of urea groups is 1. The summed E-state index contributed by atoms with van der Waals surface area (Å²) < 4.78 is 0. The summed E-state index contributed by atoms with van der Waals surface area (Å²) in [5.74, 6) is 0.351. The van der Waals surface area contributed by atoms with Gasteiger partial charge in [-0.3, -0.25) is 15.4 Å². The third kappa shape index (κ3) is 3.90. The van der Waals surface area contributed by atoms with Crippen molar-refractivity contribution >= 4 is 34.8 Å². The molecule has 2 rings (SSSR count). The summed E-state index contributed by atoms with van der Waals surface area (Å²) in [6, 6.07) is 8.50. The smallest absolute Gasteiger partial charge is 0.302 e. The molecule has 8 heteroatoms. The molecule has 1 heterocycles. The van der Waals surface area contributed by atoms with Gasteiger partial charge in [0.05, 0.1) is 4.92 Å². The van der Waals surface area contributed by atoms with Crippen LogP contribution in [0.3, 0.4) is 0 Å². The summed E-state index contributed by atoms with van der Waals surface area (Å²) in [6.07, 6.45) is 0. The molecule has 1 aromatic carbocycles. The van der Waals surface area contributed by atoms with Gasteiger partial charge in [-0.05, 0) is 31.2 Å². The van der Waals surface area contributed by atoms with E-state index in [2.05, 4.69) is 15.6 Å². The molecule has 0 aliphatic heterocycles. The van der Waals surface area contributed by atoms with Crippen molar-refractivity contribution in [3.05, 3.63) is 57.2 Å². The van der Waals surface area contributed by atoms with Gasteiger partial charge in [0.1, 0.15) is 11.5 Å². The van der Waals surface area contributed by atoms with Crippen LogP contribution in [0.1, 0.15) is 5.69 Å². The zero-order valence-electron chi connectivity index (χ0n) is 11.0. The van der Waals surface area contributed by atoms with Crippen LogP contribution in [0.25, 0.3) is 0 Å². The molecule has 7 nitrogen and oxygen atoms in total. The molecule has 1 aromatic heterocycles. The number of carbonyl (C=O) groups excluding carboxylic acids is 1. The van der Waals surface area contributed by atoms with E-state index in [1.165, 1.54) is 18.2 Å². The lowest BCUT2D eigenvalue weighted by Crippen LogP contribution is -2.20. The molecule has 2 N–H and O–H groups in total. The number of nitro benzene ring substituents is 1. The maximum atomic E-state index is 11.8. The molecule has 0 spiro atoms. The average molecular weight is 307 g/mol. The number of hydrogen-bond donors (Lipinski definition) is 2. The Labute approximate surface area is 125 Å². The van der Waals surface area contributed by atoms with Gasteiger partial charge in [-0.15, -0.1) is 0 Å². The molecule has 2 amide bonds. The van der Waals surface area contributed by atoms with Gasteiger partial charge in [0.2, 0.25) is 0 Å². The highest BCUT2D eigenvalue weighted by Crippen LogP contribution is 2.27. The molecule has 0 aliphatic carbocycles. The normalized spacial score (nSPS) is 10.0. The Hall–Kier alpha value is -2.67. The van der Waals surface area contributed by atoms with Crippen molar-refractivity contribution in [1.82, 2.24) is 4.98 Å². The van der Waals surface area contributed by atoms with Gasteiger partial charge < -0.3 is 5.32 Å². The average Bonchev–Trinajstić information content (AvgIpc) is 2.40. The van der Waals surface area contributed by atoms with Crippen LogP contribution in [0, 0.1) is 17.0 Å². The minimum atomic E-state index is -0.626. The van der Waals surface area contributed by atoms with E-state index in [4.69, 9.17) is 11.6 Å². The standard InChI is InChI=1S/C13H11ClN4O3/c1-8-3-2-4-12(15-8)17-13(19)16-10-6-5-9(14)7-11(10)18(20)21/h2-7H,1H3,(H2,15,16,17,19). The molecular weight excluding hydrogens is 296 g/mol. The first-order chi connectivity index (χ1) is 9.95. The van der Waals surface area contributed by atoms with E-state index in [9.17, 15) is 14.9 Å². The van der Waals surface area contributed by atoms with Crippen LogP contribution in [-0.2, 0) is 0 Å². The molecule has 108 valence electrons. The molecule has 0 unspecified atom stereocenters. The fraction of sp³-hybridized carbons (Fsp3) is 0.0769. The Balaban J connectivity index is 2.15. The lowest BCUT2D eigenvalue weighted by molar-refractivity contribution is -0.383. The second kappa shape index (κ2) is 6.19. The number of amides is 2. The third-order valence-corrected chi connectivity index (χ3v) is 2.77. The van der Waals surface area contributed by atoms with E-state index >= 15 is 0 Å². The summed E-state index contributed by atoms with van der Waals surface area (Å²) in [5, 5.41) is 16.0. The number of pyridine rings is 1. The van der Waals surface area contributed by atoms with Crippen LogP contribution in [0.15, 0.2) is 36.4 Å². The van der Waals surface area contributed by atoms with E-state index in [1.54, 1.807) is 25.1 Å². The van der Waals surface area contributed by atoms with Gasteiger partial charge in [-0.25, -0.2) is 9.78 Å². The van der Waals surface area contributed by atoms with Crippen LogP contribution in [0.4, 0.5) is 22.0 Å². The van der Waals surface area contributed by atoms with Crippen molar-refractivity contribution < 1.29 is 9.72 Å². The monoisotopic (exact) mass is 306 g/mol. The highest BCUT2D eigenvalue weighted by atomic mass is 35.5. The Morgan fingerprint density at radius 1 is 1.29 bits per heavy atom. The molecule has 0 bridgehead atoms. The summed E-state index contributed by atoms with van der Waals surface area (Å²) in [4.78, 5) is 26.2. The number of nitrogens with one attached hydrogen (secondary N) is 2. The van der Waals surface area contributed by atoms with Crippen LogP contribution in [-0.4, -0.2) is 15.9 Å². The number of aryl methyl sites for hydroxylation is 1. The lowest BCUT2D eigenvalue weighted by Gasteiger charge is -2.08. The van der Waals surface area contributed by atoms with Gasteiger partial charge >= 0.3 is 6.03 Å². The maximum absolute atomic E-state index is 11.8. The fourth-order valence-electron chi connectivity index (χ4n) is 1.64. The molecule has 0 radical (unpaired) electrons. The van der Waals surface area contributed by atoms with E-state index in [0.29, 0.717) is 5.82 Å². The zero-order chi connectivity index (χ0) is 15.4. The molecule has 2 aromatic rings. The number of rotatable bonds is 3. The second-order valence-corrected chi connectivity index (χ2v) is 4.60. The van der Waals surface area contributed by atoms with E-state index in [0.717, 1.165) is 5.69 Å². The molecular formula is C13H11ClN4O3. The van der Waals surface area contributed by atoms with Crippen LogP contribution < -0.4 is 10.6 Å². The Morgan fingerprint density at radius 3 is 2.71 bits per heavy atom. The minimum absolute atomic E-state index is 0.0505. The number of nitrogens with zero attached hydrogens (tertiary/aromatic N) is 2. The van der Waals surface area contributed by atoms with Crippen molar-refractivity contribution in [2.24, 2.45) is 0 Å². The van der Waals surface area contributed by atoms with E-state index in [1.807, 2.05) is 0 Å². The van der Waals surface area contributed by atoms with Crippen LogP contribution >= 0.6 is 11.6 Å². The molecule has 0 aliphatic rings. The first-order valence-electron chi connectivity index (χ1n) is 5.91.